The number of hydrogen-bond donors (Lipinski definition) is 2. The molecule has 1 saturated heterocycles. The van der Waals surface area contributed by atoms with Crippen LogP contribution in [0.4, 0.5) is 18.9 Å². The van der Waals surface area contributed by atoms with Crippen LogP contribution < -0.4 is 11.1 Å². The summed E-state index contributed by atoms with van der Waals surface area (Å²) in [6.07, 6.45) is -2.25. The van der Waals surface area contributed by atoms with Crippen molar-refractivity contribution in [1.29, 1.82) is 0 Å². The Morgan fingerprint density at radius 1 is 1.33 bits per heavy atom. The van der Waals surface area contributed by atoms with Gasteiger partial charge >= 0.3 is 6.18 Å². The summed E-state index contributed by atoms with van der Waals surface area (Å²) in [5.41, 5.74) is 4.91. The number of alkyl halides is 3. The lowest BCUT2D eigenvalue weighted by atomic mass is 10.0. The first-order valence-corrected chi connectivity index (χ1v) is 8.27. The van der Waals surface area contributed by atoms with Crippen LogP contribution in [0.2, 0.25) is 0 Å². The van der Waals surface area contributed by atoms with Crippen LogP contribution in [0.5, 0.6) is 0 Å². The van der Waals surface area contributed by atoms with Crippen LogP contribution >= 0.6 is 24.0 Å². The highest BCUT2D eigenvalue weighted by molar-refractivity contribution is 7.99. The average Bonchev–Trinajstić information content (AvgIpc) is 2.45. The summed E-state index contributed by atoms with van der Waals surface area (Å²) < 4.78 is 39.1. The second-order valence-electron chi connectivity index (χ2n) is 5.06. The number of nitrogens with two attached hydrogens (primary N) is 1. The van der Waals surface area contributed by atoms with Gasteiger partial charge in [0, 0.05) is 17.8 Å². The first kappa shape index (κ1) is 16.4. The third-order valence-electron chi connectivity index (χ3n) is 3.53. The van der Waals surface area contributed by atoms with Crippen LogP contribution in [0.25, 0.3) is 0 Å². The zero-order valence-corrected chi connectivity index (χ0v) is 13.0. The van der Waals surface area contributed by atoms with Crippen LogP contribution in [0.3, 0.4) is 0 Å². The molecule has 1 heterocycles. The van der Waals surface area contributed by atoms with E-state index in [2.05, 4.69) is 17.5 Å². The molecule has 1 aliphatic rings. The molecule has 0 unspecified atom stereocenters. The highest BCUT2D eigenvalue weighted by atomic mass is 32.2. The van der Waals surface area contributed by atoms with Gasteiger partial charge in [0.15, 0.2) is 0 Å². The van der Waals surface area contributed by atoms with Gasteiger partial charge in [-0.1, -0.05) is 12.2 Å². The highest BCUT2D eigenvalue weighted by Gasteiger charge is 2.34. The largest absolute Gasteiger partial charge is 0.417 e. The zero-order chi connectivity index (χ0) is 15.5. The molecule has 0 spiro atoms. The molecule has 1 aromatic rings. The molecule has 21 heavy (non-hydrogen) atoms. The van der Waals surface area contributed by atoms with Gasteiger partial charge in [-0.2, -0.15) is 24.9 Å². The summed E-state index contributed by atoms with van der Waals surface area (Å²) in [6.45, 7) is 0.699. The van der Waals surface area contributed by atoms with Crippen molar-refractivity contribution >= 4 is 34.7 Å². The van der Waals surface area contributed by atoms with E-state index in [1.54, 1.807) is 6.07 Å². The van der Waals surface area contributed by atoms with Gasteiger partial charge in [-0.05, 0) is 48.5 Å². The molecule has 3 N–H and O–H groups in total. The van der Waals surface area contributed by atoms with Crippen molar-refractivity contribution in [2.24, 2.45) is 11.7 Å². The second kappa shape index (κ2) is 6.87. The van der Waals surface area contributed by atoms with Crippen molar-refractivity contribution in [3.63, 3.8) is 0 Å². The van der Waals surface area contributed by atoms with Crippen LogP contribution in [0.15, 0.2) is 18.2 Å². The molecule has 2 rings (SSSR count). The fourth-order valence-corrected chi connectivity index (χ4v) is 3.70. The van der Waals surface area contributed by atoms with Crippen LogP contribution in [0, 0.1) is 5.92 Å². The molecule has 116 valence electrons. The lowest BCUT2D eigenvalue weighted by Gasteiger charge is -2.22. The van der Waals surface area contributed by atoms with Gasteiger partial charge in [0.2, 0.25) is 0 Å². The van der Waals surface area contributed by atoms with Crippen LogP contribution in [-0.4, -0.2) is 23.0 Å². The van der Waals surface area contributed by atoms with Gasteiger partial charge in [0.05, 0.1) is 5.56 Å². The Hall–Kier alpha value is -0.950. The summed E-state index contributed by atoms with van der Waals surface area (Å²) in [6, 6.07) is 4.03. The number of thiocarbonyl (C=S) groups is 1. The maximum Gasteiger partial charge on any atom is 0.417 e. The monoisotopic (exact) mass is 334 g/mol. The summed E-state index contributed by atoms with van der Waals surface area (Å²) in [5.74, 6) is 2.77. The predicted octanol–water partition coefficient (Wildman–Crippen LogP) is 3.89. The van der Waals surface area contributed by atoms with Gasteiger partial charge < -0.3 is 11.1 Å². The molecule has 0 aliphatic carbocycles. The molecule has 1 aromatic carbocycles. The van der Waals surface area contributed by atoms with E-state index in [1.165, 1.54) is 6.07 Å². The fraction of sp³-hybridized carbons (Fsp3) is 0.500. The Labute approximate surface area is 131 Å². The first-order chi connectivity index (χ1) is 9.88. The number of benzene rings is 1. The summed E-state index contributed by atoms with van der Waals surface area (Å²) >= 11 is 6.61. The Morgan fingerprint density at radius 3 is 2.57 bits per heavy atom. The predicted molar refractivity (Wildman–Crippen MR) is 85.9 cm³/mol. The smallest absolute Gasteiger partial charge is 0.389 e. The molecule has 0 amide bonds. The van der Waals surface area contributed by atoms with Gasteiger partial charge in [-0.3, -0.25) is 0 Å². The molecule has 0 aromatic heterocycles. The highest BCUT2D eigenvalue weighted by Crippen LogP contribution is 2.34. The van der Waals surface area contributed by atoms with E-state index >= 15 is 0 Å². The Morgan fingerprint density at radius 2 is 2.00 bits per heavy atom. The molecular weight excluding hydrogens is 317 g/mol. The molecular formula is C14H17F3N2S2. The Kier molecular flexibility index (Phi) is 5.37. The van der Waals surface area contributed by atoms with E-state index < -0.39 is 11.7 Å². The maximum absolute atomic E-state index is 13.0. The molecule has 0 bridgehead atoms. The SMILES string of the molecule is NC(=S)c1ccc(NCC2CCSCC2)cc1C(F)(F)F. The standard InChI is InChI=1S/C14H17F3N2S2/c15-14(16,17)12-7-10(1-2-11(12)13(18)20)19-8-9-3-5-21-6-4-9/h1-2,7,9,19H,3-6,8H2,(H2,18,20). The molecule has 2 nitrogen and oxygen atoms in total. The Bertz CT molecular complexity index is 511. The van der Waals surface area contributed by atoms with Crippen molar-refractivity contribution in [3.8, 4) is 0 Å². The zero-order valence-electron chi connectivity index (χ0n) is 11.4. The minimum Gasteiger partial charge on any atom is -0.389 e. The van der Waals surface area contributed by atoms with E-state index in [1.807, 2.05) is 11.8 Å². The molecule has 1 fully saturated rings. The lowest BCUT2D eigenvalue weighted by molar-refractivity contribution is -0.137. The number of halogens is 3. The van der Waals surface area contributed by atoms with Crippen molar-refractivity contribution in [3.05, 3.63) is 29.3 Å². The summed E-state index contributed by atoms with van der Waals surface area (Å²) in [7, 11) is 0. The van der Waals surface area contributed by atoms with E-state index in [0.29, 0.717) is 18.2 Å². The van der Waals surface area contributed by atoms with E-state index in [-0.39, 0.29) is 10.6 Å². The Balaban J connectivity index is 2.11. The van der Waals surface area contributed by atoms with Crippen LogP contribution in [-0.2, 0) is 6.18 Å². The summed E-state index contributed by atoms with van der Waals surface area (Å²) in [5, 5.41) is 3.10. The average molecular weight is 334 g/mol. The van der Waals surface area contributed by atoms with Crippen LogP contribution in [0.1, 0.15) is 24.0 Å². The molecule has 0 saturated carbocycles. The number of nitrogens with one attached hydrogen (secondary N) is 1. The normalized spacial score (nSPS) is 16.7. The van der Waals surface area contributed by atoms with Crippen molar-refractivity contribution in [2.75, 3.05) is 23.4 Å². The maximum atomic E-state index is 13.0. The molecule has 0 atom stereocenters. The molecule has 1 aliphatic heterocycles. The minimum atomic E-state index is -4.46. The number of anilines is 1. The van der Waals surface area contributed by atoms with Crippen molar-refractivity contribution in [1.82, 2.24) is 0 Å². The minimum absolute atomic E-state index is 0.128. The summed E-state index contributed by atoms with van der Waals surface area (Å²) in [4.78, 5) is -0.238. The number of rotatable bonds is 4. The second-order valence-corrected chi connectivity index (χ2v) is 6.72. The third kappa shape index (κ3) is 4.51. The first-order valence-electron chi connectivity index (χ1n) is 6.70. The lowest BCUT2D eigenvalue weighted by Crippen LogP contribution is -2.21. The van der Waals surface area contributed by atoms with Crippen molar-refractivity contribution < 1.29 is 13.2 Å². The fourth-order valence-electron chi connectivity index (χ4n) is 2.32. The number of hydrogen-bond acceptors (Lipinski definition) is 3. The van der Waals surface area contributed by atoms with Gasteiger partial charge in [-0.15, -0.1) is 0 Å². The van der Waals surface area contributed by atoms with E-state index in [9.17, 15) is 13.2 Å². The van der Waals surface area contributed by atoms with E-state index in [0.717, 1.165) is 30.4 Å². The third-order valence-corrected chi connectivity index (χ3v) is 4.79. The molecule has 7 heteroatoms. The van der Waals surface area contributed by atoms with E-state index in [4.69, 9.17) is 5.73 Å². The number of thioether (sulfide) groups is 1. The van der Waals surface area contributed by atoms with Gasteiger partial charge in [-0.25, -0.2) is 0 Å². The molecule has 0 radical (unpaired) electrons. The van der Waals surface area contributed by atoms with Crippen molar-refractivity contribution in [2.45, 2.75) is 19.0 Å². The topological polar surface area (TPSA) is 38.0 Å². The quantitative estimate of drug-likeness (QED) is 0.819. The van der Waals surface area contributed by atoms with Gasteiger partial charge in [0.1, 0.15) is 4.99 Å². The van der Waals surface area contributed by atoms with Gasteiger partial charge in [0.25, 0.3) is 0 Å².